The third-order valence-corrected chi connectivity index (χ3v) is 19.2. The SMILES string of the molecule is CC(=CCCC1(CO)CCC2(C)[C@H](CC[C@@H]3C2(C)CC[C@H]2C(C)(CO[C@H]4O[C@H](CO)[C@@H](O)[C@H](O)[C@H]4O)[C@@H](O[C@H]4O[C@H](CO)[C@@H](O)[C@H](O)[C@H]4O[C@H]4O[C@H](CO)[C@@H](O)[C@H](O)[C@H]4O)CC[C@@]32C)[C@H]1O)CO. The summed E-state index contributed by atoms with van der Waals surface area (Å²) in [4.78, 5) is 0. The fourth-order valence-electron chi connectivity index (χ4n) is 14.7. The average Bonchev–Trinajstić information content (AvgIpc) is 3.32. The van der Waals surface area contributed by atoms with Crippen molar-refractivity contribution in [2.24, 2.45) is 44.8 Å². The highest BCUT2D eigenvalue weighted by Crippen LogP contribution is 2.75. The lowest BCUT2D eigenvalue weighted by Crippen LogP contribution is -2.69. The van der Waals surface area contributed by atoms with Crippen molar-refractivity contribution in [3.8, 4) is 0 Å². The fraction of sp³-hybridized carbons (Fsp3) is 0.958. The molecule has 0 bridgehead atoms. The lowest BCUT2D eigenvalue weighted by Gasteiger charge is -2.72. The Morgan fingerprint density at radius 1 is 0.574 bits per heavy atom. The van der Waals surface area contributed by atoms with Crippen molar-refractivity contribution in [3.63, 3.8) is 0 Å². The van der Waals surface area contributed by atoms with Gasteiger partial charge in [-0.2, -0.15) is 0 Å². The van der Waals surface area contributed by atoms with Gasteiger partial charge in [-0.05, 0) is 105 Å². The molecule has 394 valence electrons. The Morgan fingerprint density at radius 2 is 1.15 bits per heavy atom. The Labute approximate surface area is 398 Å². The number of rotatable bonds is 15. The molecule has 0 aromatic heterocycles. The maximum absolute atomic E-state index is 12.4. The highest BCUT2D eigenvalue weighted by atomic mass is 16.8. The maximum Gasteiger partial charge on any atom is 0.187 e. The first kappa shape index (κ1) is 54.7. The predicted octanol–water partition coefficient (Wildman–Crippen LogP) is -2.08. The van der Waals surface area contributed by atoms with E-state index in [1.165, 1.54) is 0 Å². The van der Waals surface area contributed by atoms with Crippen LogP contribution in [0.15, 0.2) is 11.6 Å². The summed E-state index contributed by atoms with van der Waals surface area (Å²) >= 11 is 0. The zero-order valence-electron chi connectivity index (χ0n) is 40.1. The summed E-state index contributed by atoms with van der Waals surface area (Å²) in [6, 6.07) is 0. The van der Waals surface area contributed by atoms with Crippen molar-refractivity contribution >= 4 is 0 Å². The van der Waals surface area contributed by atoms with Gasteiger partial charge in [-0.3, -0.25) is 0 Å². The number of aliphatic hydroxyl groups excluding tert-OH is 14. The normalized spacial score (nSPS) is 53.3. The van der Waals surface area contributed by atoms with E-state index in [4.69, 9.17) is 28.4 Å². The van der Waals surface area contributed by atoms with Gasteiger partial charge < -0.3 is 99.9 Å². The van der Waals surface area contributed by atoms with Crippen LogP contribution in [0.5, 0.6) is 0 Å². The largest absolute Gasteiger partial charge is 0.396 e. The first-order chi connectivity index (χ1) is 32.1. The minimum Gasteiger partial charge on any atom is -0.396 e. The number of fused-ring (bicyclic) bond motifs is 5. The van der Waals surface area contributed by atoms with Crippen molar-refractivity contribution in [3.05, 3.63) is 11.6 Å². The van der Waals surface area contributed by atoms with Crippen LogP contribution in [0.4, 0.5) is 0 Å². The molecule has 0 amide bonds. The van der Waals surface area contributed by atoms with Crippen molar-refractivity contribution in [1.29, 1.82) is 0 Å². The Hall–Kier alpha value is -1.06. The van der Waals surface area contributed by atoms with E-state index in [2.05, 4.69) is 20.8 Å². The smallest absolute Gasteiger partial charge is 0.187 e. The zero-order valence-corrected chi connectivity index (χ0v) is 40.1. The first-order valence-corrected chi connectivity index (χ1v) is 24.8. The van der Waals surface area contributed by atoms with Crippen LogP contribution >= 0.6 is 0 Å². The molecule has 3 aliphatic heterocycles. The molecular formula is C48H82O20. The highest BCUT2D eigenvalue weighted by molar-refractivity contribution is 5.19. The zero-order chi connectivity index (χ0) is 49.9. The molecule has 0 radical (unpaired) electrons. The first-order valence-electron chi connectivity index (χ1n) is 24.8. The Morgan fingerprint density at radius 3 is 1.74 bits per heavy atom. The van der Waals surface area contributed by atoms with Crippen LogP contribution in [-0.2, 0) is 28.4 Å². The van der Waals surface area contributed by atoms with E-state index in [0.717, 1.165) is 31.3 Å². The van der Waals surface area contributed by atoms with Gasteiger partial charge in [0.05, 0.1) is 51.8 Å². The molecule has 4 aliphatic carbocycles. The third-order valence-electron chi connectivity index (χ3n) is 19.2. The standard InChI is InChI=1S/C48H82O20/c1-23(17-49)7-6-12-48(21-53)16-15-46(4)24(40(48)62)8-9-29-44(2)13-11-30(45(3,28(44)10-14-47(29,46)5)22-63-41-37(60)34(57)31(54)25(18-50)64-41)67-43-39(36(59)33(56)27(20-52)66-43)68-42-38(61)35(58)32(55)26(19-51)65-42/h7,24-43,49-62H,6,8-22H2,1-5H3/t24-,25-,26-,27-,28-,29+,30+,31-,32-,33-,34+,35+,36+,37-,38-,39-,40-,41+,42-,43-,44-,45?,46?,47?,48?/m1/s1. The summed E-state index contributed by atoms with van der Waals surface area (Å²) in [5.74, 6) is -0.157. The minimum absolute atomic E-state index is 0.0487. The van der Waals surface area contributed by atoms with E-state index in [1.807, 2.05) is 19.9 Å². The van der Waals surface area contributed by atoms with E-state index in [1.54, 1.807) is 0 Å². The monoisotopic (exact) mass is 979 g/mol. The van der Waals surface area contributed by atoms with Crippen LogP contribution in [0.2, 0.25) is 0 Å². The second-order valence-electron chi connectivity index (χ2n) is 22.6. The summed E-state index contributed by atoms with van der Waals surface area (Å²) < 4.78 is 36.9. The predicted molar refractivity (Wildman–Crippen MR) is 236 cm³/mol. The summed E-state index contributed by atoms with van der Waals surface area (Å²) in [5, 5.41) is 150. The molecule has 7 fully saturated rings. The van der Waals surface area contributed by atoms with Crippen molar-refractivity contribution < 1.29 is 99.9 Å². The molecule has 25 atom stereocenters. The number of hydrogen-bond donors (Lipinski definition) is 14. The van der Waals surface area contributed by atoms with Crippen LogP contribution in [0, 0.1) is 44.8 Å². The number of allylic oxidation sites excluding steroid dienone is 1. The topological polar surface area (TPSA) is 339 Å². The highest BCUT2D eigenvalue weighted by Gasteiger charge is 2.71. The lowest BCUT2D eigenvalue weighted by molar-refractivity contribution is -0.382. The van der Waals surface area contributed by atoms with Gasteiger partial charge >= 0.3 is 0 Å². The maximum atomic E-state index is 12.4. The molecule has 0 spiro atoms. The lowest BCUT2D eigenvalue weighted by atomic mass is 9.33. The van der Waals surface area contributed by atoms with Gasteiger partial charge in [0.2, 0.25) is 0 Å². The Kier molecular flexibility index (Phi) is 16.9. The van der Waals surface area contributed by atoms with Crippen LogP contribution in [0.3, 0.4) is 0 Å². The third kappa shape index (κ3) is 9.19. The van der Waals surface area contributed by atoms with E-state index < -0.39 is 140 Å². The van der Waals surface area contributed by atoms with Gasteiger partial charge in [0.15, 0.2) is 18.9 Å². The average molecular weight is 979 g/mol. The molecule has 4 unspecified atom stereocenters. The molecule has 7 aliphatic rings. The van der Waals surface area contributed by atoms with Gasteiger partial charge in [-0.15, -0.1) is 0 Å². The molecule has 14 N–H and O–H groups in total. The summed E-state index contributed by atoms with van der Waals surface area (Å²) in [6.45, 7) is 8.24. The molecule has 3 heterocycles. The molecule has 7 rings (SSSR count). The molecule has 20 nitrogen and oxygen atoms in total. The quantitative estimate of drug-likeness (QED) is 0.0619. The molecule has 0 aromatic rings. The summed E-state index contributed by atoms with van der Waals surface area (Å²) in [6.07, 6.45) is -17.4. The summed E-state index contributed by atoms with van der Waals surface area (Å²) in [7, 11) is 0. The van der Waals surface area contributed by atoms with Crippen LogP contribution in [0.1, 0.15) is 98.8 Å². The minimum atomic E-state index is -1.88. The van der Waals surface area contributed by atoms with Gasteiger partial charge in [0, 0.05) is 10.8 Å². The van der Waals surface area contributed by atoms with Crippen LogP contribution in [-0.4, -0.2) is 215 Å². The number of hydrogen-bond acceptors (Lipinski definition) is 20. The molecule has 20 heteroatoms. The van der Waals surface area contributed by atoms with E-state index in [0.29, 0.717) is 38.5 Å². The van der Waals surface area contributed by atoms with E-state index in [9.17, 15) is 71.5 Å². The number of aliphatic hydroxyl groups is 14. The molecule has 3 saturated heterocycles. The Bertz CT molecular complexity index is 1710. The molecule has 4 saturated carbocycles. The van der Waals surface area contributed by atoms with E-state index in [-0.39, 0.29) is 48.4 Å². The fourth-order valence-corrected chi connectivity index (χ4v) is 14.7. The molecule has 68 heavy (non-hydrogen) atoms. The van der Waals surface area contributed by atoms with Gasteiger partial charge in [-0.25, -0.2) is 0 Å². The van der Waals surface area contributed by atoms with E-state index >= 15 is 0 Å². The van der Waals surface area contributed by atoms with Gasteiger partial charge in [-0.1, -0.05) is 39.3 Å². The van der Waals surface area contributed by atoms with Gasteiger partial charge in [0.1, 0.15) is 73.2 Å². The second-order valence-corrected chi connectivity index (χ2v) is 22.6. The second kappa shape index (κ2) is 21.0. The number of ether oxygens (including phenoxy) is 6. The van der Waals surface area contributed by atoms with Crippen LogP contribution in [0.25, 0.3) is 0 Å². The van der Waals surface area contributed by atoms with Crippen LogP contribution < -0.4 is 0 Å². The van der Waals surface area contributed by atoms with Crippen molar-refractivity contribution in [2.45, 2.75) is 203 Å². The summed E-state index contributed by atoms with van der Waals surface area (Å²) in [5.41, 5.74) is -1.83. The van der Waals surface area contributed by atoms with Crippen molar-refractivity contribution in [1.82, 2.24) is 0 Å². The van der Waals surface area contributed by atoms with Crippen molar-refractivity contribution in [2.75, 3.05) is 39.6 Å². The van der Waals surface area contributed by atoms with Gasteiger partial charge in [0.25, 0.3) is 0 Å². The Balaban J connectivity index is 1.21. The molecular weight excluding hydrogens is 897 g/mol. The molecule has 0 aromatic carbocycles.